The summed E-state index contributed by atoms with van der Waals surface area (Å²) in [5.74, 6) is 1.58. The summed E-state index contributed by atoms with van der Waals surface area (Å²) in [6.45, 7) is 1.31. The van der Waals surface area contributed by atoms with E-state index in [4.69, 9.17) is 9.47 Å². The highest BCUT2D eigenvalue weighted by atomic mass is 16.5. The lowest BCUT2D eigenvalue weighted by Gasteiger charge is -2.07. The molecule has 0 bridgehead atoms. The molecule has 0 aliphatic carbocycles. The number of benzene rings is 1. The lowest BCUT2D eigenvalue weighted by molar-refractivity contribution is 0.210. The van der Waals surface area contributed by atoms with E-state index in [1.54, 1.807) is 20.4 Å². The van der Waals surface area contributed by atoms with Crippen LogP contribution < -0.4 is 10.1 Å². The molecule has 3 rings (SSSR count). The first-order valence-electron chi connectivity index (χ1n) is 7.03. The Balaban J connectivity index is 1.95. The van der Waals surface area contributed by atoms with Crippen molar-refractivity contribution in [2.45, 2.75) is 0 Å². The second kappa shape index (κ2) is 6.44. The summed E-state index contributed by atoms with van der Waals surface area (Å²) in [6, 6.07) is 7.91. The van der Waals surface area contributed by atoms with Crippen LogP contribution in [0.15, 0.2) is 42.9 Å². The summed E-state index contributed by atoms with van der Waals surface area (Å²) in [4.78, 5) is 8.83. The van der Waals surface area contributed by atoms with Crippen molar-refractivity contribution in [1.82, 2.24) is 14.4 Å². The van der Waals surface area contributed by atoms with E-state index < -0.39 is 0 Å². The molecule has 2 aromatic heterocycles. The number of imidazole rings is 1. The molecule has 0 saturated carbocycles. The number of rotatable bonds is 6. The number of anilines is 1. The van der Waals surface area contributed by atoms with Crippen molar-refractivity contribution < 1.29 is 9.47 Å². The van der Waals surface area contributed by atoms with Crippen LogP contribution in [0.1, 0.15) is 0 Å². The zero-order valence-corrected chi connectivity index (χ0v) is 12.6. The van der Waals surface area contributed by atoms with Crippen LogP contribution in [0.5, 0.6) is 5.75 Å². The smallest absolute Gasteiger partial charge is 0.180 e. The Hall–Kier alpha value is -2.60. The summed E-state index contributed by atoms with van der Waals surface area (Å²) in [6.07, 6.45) is 5.51. The molecular weight excluding hydrogens is 280 g/mol. The fraction of sp³-hybridized carbons (Fsp3) is 0.250. The third-order valence-electron chi connectivity index (χ3n) is 3.41. The monoisotopic (exact) mass is 298 g/mol. The molecule has 2 heterocycles. The Morgan fingerprint density at radius 3 is 2.68 bits per heavy atom. The predicted molar refractivity (Wildman–Crippen MR) is 85.3 cm³/mol. The molecule has 114 valence electrons. The number of nitrogens with one attached hydrogen (secondary N) is 1. The Morgan fingerprint density at radius 1 is 1.14 bits per heavy atom. The number of nitrogens with zero attached hydrogens (tertiary/aromatic N) is 3. The Kier molecular flexibility index (Phi) is 4.20. The van der Waals surface area contributed by atoms with E-state index in [9.17, 15) is 0 Å². The van der Waals surface area contributed by atoms with Crippen LogP contribution in [-0.2, 0) is 4.74 Å². The van der Waals surface area contributed by atoms with Crippen LogP contribution >= 0.6 is 0 Å². The number of hydrogen-bond donors (Lipinski definition) is 1. The fourth-order valence-corrected chi connectivity index (χ4v) is 2.29. The summed E-state index contributed by atoms with van der Waals surface area (Å²) >= 11 is 0. The maximum absolute atomic E-state index is 5.19. The van der Waals surface area contributed by atoms with Gasteiger partial charge in [0, 0.05) is 31.6 Å². The minimum absolute atomic E-state index is 0.620. The van der Waals surface area contributed by atoms with E-state index in [2.05, 4.69) is 15.3 Å². The second-order valence-electron chi connectivity index (χ2n) is 4.76. The lowest BCUT2D eigenvalue weighted by atomic mass is 10.1. The van der Waals surface area contributed by atoms with Gasteiger partial charge >= 0.3 is 0 Å². The molecule has 6 heteroatoms. The quantitative estimate of drug-likeness (QED) is 0.708. The molecule has 1 N–H and O–H groups in total. The molecule has 0 atom stereocenters. The zero-order chi connectivity index (χ0) is 15.4. The summed E-state index contributed by atoms with van der Waals surface area (Å²) in [5.41, 5.74) is 2.88. The van der Waals surface area contributed by atoms with Gasteiger partial charge in [0.25, 0.3) is 0 Å². The second-order valence-corrected chi connectivity index (χ2v) is 4.76. The molecule has 0 saturated heterocycles. The van der Waals surface area contributed by atoms with Crippen molar-refractivity contribution in [3.05, 3.63) is 42.9 Å². The minimum Gasteiger partial charge on any atom is -0.497 e. The third-order valence-corrected chi connectivity index (χ3v) is 3.41. The first-order valence-corrected chi connectivity index (χ1v) is 7.03. The van der Waals surface area contributed by atoms with Gasteiger partial charge in [0.05, 0.1) is 25.6 Å². The average molecular weight is 298 g/mol. The van der Waals surface area contributed by atoms with Gasteiger partial charge in [-0.05, 0) is 24.3 Å². The van der Waals surface area contributed by atoms with Crippen LogP contribution in [0.3, 0.4) is 0 Å². The molecule has 0 aliphatic heterocycles. The molecule has 0 radical (unpaired) electrons. The van der Waals surface area contributed by atoms with Gasteiger partial charge in [0.2, 0.25) is 0 Å². The molecule has 1 aromatic carbocycles. The van der Waals surface area contributed by atoms with E-state index in [1.807, 2.05) is 41.1 Å². The minimum atomic E-state index is 0.620. The summed E-state index contributed by atoms with van der Waals surface area (Å²) in [5, 5.41) is 3.23. The maximum Gasteiger partial charge on any atom is 0.180 e. The van der Waals surface area contributed by atoms with Crippen molar-refractivity contribution in [3.8, 4) is 17.0 Å². The van der Waals surface area contributed by atoms with E-state index >= 15 is 0 Å². The Labute approximate surface area is 128 Å². The van der Waals surface area contributed by atoms with Gasteiger partial charge in [-0.3, -0.25) is 4.40 Å². The van der Waals surface area contributed by atoms with Crippen molar-refractivity contribution in [2.24, 2.45) is 0 Å². The van der Waals surface area contributed by atoms with E-state index in [-0.39, 0.29) is 0 Å². The average Bonchev–Trinajstić information content (AvgIpc) is 3.00. The SMILES string of the molecule is COCCNc1nccn2c(-c3ccc(OC)cc3)cnc12. The van der Waals surface area contributed by atoms with E-state index in [0.29, 0.717) is 13.2 Å². The predicted octanol–water partition coefficient (Wildman–Crippen LogP) is 2.46. The van der Waals surface area contributed by atoms with Gasteiger partial charge < -0.3 is 14.8 Å². The van der Waals surface area contributed by atoms with Gasteiger partial charge in [0.15, 0.2) is 11.5 Å². The number of aromatic nitrogens is 3. The van der Waals surface area contributed by atoms with Crippen LogP contribution in [-0.4, -0.2) is 41.7 Å². The van der Waals surface area contributed by atoms with Gasteiger partial charge in [-0.2, -0.15) is 0 Å². The summed E-state index contributed by atoms with van der Waals surface area (Å²) < 4.78 is 12.3. The van der Waals surface area contributed by atoms with Gasteiger partial charge in [-0.15, -0.1) is 0 Å². The molecule has 0 unspecified atom stereocenters. The molecule has 6 nitrogen and oxygen atoms in total. The van der Waals surface area contributed by atoms with E-state index in [1.165, 1.54) is 0 Å². The van der Waals surface area contributed by atoms with Crippen molar-refractivity contribution in [3.63, 3.8) is 0 Å². The highest BCUT2D eigenvalue weighted by molar-refractivity contribution is 5.70. The van der Waals surface area contributed by atoms with Gasteiger partial charge in [-0.25, -0.2) is 9.97 Å². The highest BCUT2D eigenvalue weighted by Gasteiger charge is 2.10. The van der Waals surface area contributed by atoms with Crippen LogP contribution in [0.4, 0.5) is 5.82 Å². The van der Waals surface area contributed by atoms with Gasteiger partial charge in [-0.1, -0.05) is 0 Å². The van der Waals surface area contributed by atoms with Crippen LogP contribution in [0, 0.1) is 0 Å². The van der Waals surface area contributed by atoms with Crippen molar-refractivity contribution >= 4 is 11.5 Å². The van der Waals surface area contributed by atoms with Crippen molar-refractivity contribution in [2.75, 3.05) is 32.7 Å². The molecule has 0 amide bonds. The Bertz CT molecular complexity index is 752. The van der Waals surface area contributed by atoms with Crippen LogP contribution in [0.25, 0.3) is 16.9 Å². The molecule has 22 heavy (non-hydrogen) atoms. The van der Waals surface area contributed by atoms with E-state index in [0.717, 1.165) is 28.5 Å². The Morgan fingerprint density at radius 2 is 1.95 bits per heavy atom. The number of hydrogen-bond acceptors (Lipinski definition) is 5. The standard InChI is InChI=1S/C16H18N4O2/c1-21-10-8-18-15-16-19-11-14(20(16)9-7-17-15)12-3-5-13(22-2)6-4-12/h3-7,9,11H,8,10H2,1-2H3,(H,17,18). The normalized spacial score (nSPS) is 10.8. The zero-order valence-electron chi connectivity index (χ0n) is 12.6. The molecule has 3 aromatic rings. The lowest BCUT2D eigenvalue weighted by Crippen LogP contribution is -2.10. The number of methoxy groups -OCH3 is 2. The van der Waals surface area contributed by atoms with Gasteiger partial charge in [0.1, 0.15) is 5.75 Å². The van der Waals surface area contributed by atoms with Crippen LogP contribution in [0.2, 0.25) is 0 Å². The molecular formula is C16H18N4O2. The third kappa shape index (κ3) is 2.73. The number of fused-ring (bicyclic) bond motifs is 1. The molecule has 0 fully saturated rings. The highest BCUT2D eigenvalue weighted by Crippen LogP contribution is 2.25. The first-order chi connectivity index (χ1) is 10.8. The first kappa shape index (κ1) is 14.3. The summed E-state index contributed by atoms with van der Waals surface area (Å²) in [7, 11) is 3.33. The van der Waals surface area contributed by atoms with Crippen molar-refractivity contribution in [1.29, 1.82) is 0 Å². The fourth-order valence-electron chi connectivity index (χ4n) is 2.29. The molecule has 0 spiro atoms. The topological polar surface area (TPSA) is 60.7 Å². The number of ether oxygens (including phenoxy) is 2. The molecule has 0 aliphatic rings. The largest absolute Gasteiger partial charge is 0.497 e. The maximum atomic E-state index is 5.19.